The van der Waals surface area contributed by atoms with Crippen molar-refractivity contribution in [3.8, 4) is 11.5 Å². The van der Waals surface area contributed by atoms with Crippen molar-refractivity contribution in [1.29, 1.82) is 0 Å². The third-order valence-electron chi connectivity index (χ3n) is 3.57. The van der Waals surface area contributed by atoms with Gasteiger partial charge in [-0.15, -0.1) is 0 Å². The van der Waals surface area contributed by atoms with Crippen LogP contribution in [0.3, 0.4) is 0 Å². The number of carbonyl (C=O) groups excluding carboxylic acids is 1. The molecule has 0 fully saturated rings. The average molecular weight is 358 g/mol. The third kappa shape index (κ3) is 3.69. The van der Waals surface area contributed by atoms with Gasteiger partial charge in [0.05, 0.1) is 5.56 Å². The quantitative estimate of drug-likeness (QED) is 0.364. The molecule has 0 atom stereocenters. The van der Waals surface area contributed by atoms with Gasteiger partial charge in [0.25, 0.3) is 0 Å². The first-order chi connectivity index (χ1) is 12.5. The summed E-state index contributed by atoms with van der Waals surface area (Å²) >= 11 is 0. The molecule has 3 rings (SSSR count). The molecular formula is C20H13F3O3. The van der Waals surface area contributed by atoms with Crippen LogP contribution in [0.5, 0.6) is 11.5 Å². The van der Waals surface area contributed by atoms with Crippen LogP contribution in [-0.4, -0.2) is 12.6 Å². The van der Waals surface area contributed by atoms with E-state index < -0.39 is 29.2 Å². The minimum atomic E-state index is -1.07. The van der Waals surface area contributed by atoms with Crippen molar-refractivity contribution < 1.29 is 27.4 Å². The number of carbonyl (C=O) groups is 1. The molecule has 0 heterocycles. The summed E-state index contributed by atoms with van der Waals surface area (Å²) in [5.74, 6) is -4.35. The Morgan fingerprint density at radius 2 is 1.62 bits per heavy atom. The van der Waals surface area contributed by atoms with Crippen LogP contribution in [-0.2, 0) is 0 Å². The lowest BCUT2D eigenvalue weighted by molar-refractivity contribution is 0.0720. The summed E-state index contributed by atoms with van der Waals surface area (Å²) in [6, 6.07) is 10.2. The normalized spacial score (nSPS) is 10.6. The number of halogens is 3. The monoisotopic (exact) mass is 358 g/mol. The van der Waals surface area contributed by atoms with Gasteiger partial charge in [-0.3, -0.25) is 0 Å². The molecule has 26 heavy (non-hydrogen) atoms. The first kappa shape index (κ1) is 17.5. The second-order valence-electron chi connectivity index (χ2n) is 5.41. The average Bonchev–Trinajstić information content (AvgIpc) is 2.62. The van der Waals surface area contributed by atoms with Crippen LogP contribution in [0.1, 0.15) is 10.4 Å². The Morgan fingerprint density at radius 1 is 0.962 bits per heavy atom. The van der Waals surface area contributed by atoms with Crippen molar-refractivity contribution in [3.05, 3.63) is 84.2 Å². The van der Waals surface area contributed by atoms with Gasteiger partial charge in [0.15, 0.2) is 11.6 Å². The van der Waals surface area contributed by atoms with Crippen LogP contribution in [0.25, 0.3) is 10.8 Å². The standard InChI is InChI=1S/C20H13F3O3/c1-2-7-25-16-10-17(22)19(18(23)11-16)26-20(24)14-4-3-13-9-15(21)6-5-12(13)8-14/h2-6,8-11H,1,7H2. The Bertz CT molecular complexity index is 976. The Morgan fingerprint density at radius 3 is 2.31 bits per heavy atom. The molecule has 6 heteroatoms. The predicted octanol–water partition coefficient (Wildman–Crippen LogP) is 5.04. The highest BCUT2D eigenvalue weighted by molar-refractivity contribution is 5.96. The number of rotatable bonds is 5. The summed E-state index contributed by atoms with van der Waals surface area (Å²) in [5, 5.41) is 1.18. The van der Waals surface area contributed by atoms with Crippen LogP contribution >= 0.6 is 0 Å². The van der Waals surface area contributed by atoms with Gasteiger partial charge in [-0.25, -0.2) is 18.0 Å². The molecule has 3 aromatic carbocycles. The van der Waals surface area contributed by atoms with Crippen molar-refractivity contribution in [2.24, 2.45) is 0 Å². The van der Waals surface area contributed by atoms with Gasteiger partial charge in [0.2, 0.25) is 5.75 Å². The fourth-order valence-corrected chi connectivity index (χ4v) is 2.37. The molecule has 0 bridgehead atoms. The van der Waals surface area contributed by atoms with Crippen molar-refractivity contribution >= 4 is 16.7 Å². The molecule has 0 amide bonds. The molecule has 3 nitrogen and oxygen atoms in total. The van der Waals surface area contributed by atoms with Gasteiger partial charge in [0.1, 0.15) is 18.2 Å². The highest BCUT2D eigenvalue weighted by Crippen LogP contribution is 2.28. The molecule has 0 unspecified atom stereocenters. The lowest BCUT2D eigenvalue weighted by Gasteiger charge is -2.10. The van der Waals surface area contributed by atoms with Crippen LogP contribution in [0.2, 0.25) is 0 Å². The van der Waals surface area contributed by atoms with E-state index in [1.165, 1.54) is 42.5 Å². The zero-order valence-corrected chi connectivity index (χ0v) is 13.5. The molecule has 132 valence electrons. The fourth-order valence-electron chi connectivity index (χ4n) is 2.37. The Labute approximate surface area is 147 Å². The van der Waals surface area contributed by atoms with Gasteiger partial charge in [-0.2, -0.15) is 0 Å². The molecule has 0 radical (unpaired) electrons. The summed E-state index contributed by atoms with van der Waals surface area (Å²) in [4.78, 5) is 12.2. The second-order valence-corrected chi connectivity index (χ2v) is 5.41. The molecule has 0 N–H and O–H groups in total. The van der Waals surface area contributed by atoms with Crippen molar-refractivity contribution in [2.45, 2.75) is 0 Å². The van der Waals surface area contributed by atoms with Crippen LogP contribution in [0.4, 0.5) is 13.2 Å². The zero-order chi connectivity index (χ0) is 18.7. The lowest BCUT2D eigenvalue weighted by atomic mass is 10.1. The number of hydrogen-bond donors (Lipinski definition) is 0. The molecule has 0 aliphatic rings. The Balaban J connectivity index is 1.85. The molecule has 3 aromatic rings. The van der Waals surface area contributed by atoms with E-state index in [9.17, 15) is 18.0 Å². The molecule has 0 aromatic heterocycles. The van der Waals surface area contributed by atoms with E-state index in [2.05, 4.69) is 6.58 Å². The number of benzene rings is 3. The summed E-state index contributed by atoms with van der Waals surface area (Å²) in [6.07, 6.45) is 1.43. The fraction of sp³-hybridized carbons (Fsp3) is 0.0500. The van der Waals surface area contributed by atoms with Crippen LogP contribution in [0.15, 0.2) is 61.2 Å². The Hall–Kier alpha value is -3.28. The van der Waals surface area contributed by atoms with Crippen molar-refractivity contribution in [1.82, 2.24) is 0 Å². The molecular weight excluding hydrogens is 345 g/mol. The third-order valence-corrected chi connectivity index (χ3v) is 3.57. The van der Waals surface area contributed by atoms with E-state index in [-0.39, 0.29) is 17.9 Å². The molecule has 0 aliphatic heterocycles. The number of ether oxygens (including phenoxy) is 2. The van der Waals surface area contributed by atoms with Crippen LogP contribution < -0.4 is 9.47 Å². The molecule has 0 saturated heterocycles. The van der Waals surface area contributed by atoms with E-state index in [1.807, 2.05) is 0 Å². The van der Waals surface area contributed by atoms with Gasteiger partial charge < -0.3 is 9.47 Å². The summed E-state index contributed by atoms with van der Waals surface area (Å²) < 4.78 is 51.2. The molecule has 0 aliphatic carbocycles. The van der Waals surface area contributed by atoms with E-state index in [0.717, 1.165) is 12.1 Å². The second kappa shape index (κ2) is 7.31. The maximum atomic E-state index is 14.0. The van der Waals surface area contributed by atoms with Crippen molar-refractivity contribution in [2.75, 3.05) is 6.61 Å². The molecule has 0 saturated carbocycles. The number of fused-ring (bicyclic) bond motifs is 1. The summed E-state index contributed by atoms with van der Waals surface area (Å²) in [6.45, 7) is 3.51. The topological polar surface area (TPSA) is 35.5 Å². The summed E-state index contributed by atoms with van der Waals surface area (Å²) in [7, 11) is 0. The minimum absolute atomic E-state index is 0.0487. The number of hydrogen-bond acceptors (Lipinski definition) is 3. The maximum Gasteiger partial charge on any atom is 0.343 e. The minimum Gasteiger partial charge on any atom is -0.489 e. The van der Waals surface area contributed by atoms with Gasteiger partial charge in [-0.05, 0) is 35.0 Å². The molecule has 0 spiro atoms. The zero-order valence-electron chi connectivity index (χ0n) is 13.5. The van der Waals surface area contributed by atoms with Gasteiger partial charge >= 0.3 is 5.97 Å². The van der Waals surface area contributed by atoms with Gasteiger partial charge in [0, 0.05) is 12.1 Å². The highest BCUT2D eigenvalue weighted by atomic mass is 19.1. The highest BCUT2D eigenvalue weighted by Gasteiger charge is 2.18. The van der Waals surface area contributed by atoms with E-state index >= 15 is 0 Å². The van der Waals surface area contributed by atoms with Gasteiger partial charge in [-0.1, -0.05) is 24.8 Å². The predicted molar refractivity (Wildman–Crippen MR) is 90.9 cm³/mol. The maximum absolute atomic E-state index is 14.0. The van der Waals surface area contributed by atoms with Crippen molar-refractivity contribution in [3.63, 3.8) is 0 Å². The number of esters is 1. The SMILES string of the molecule is C=CCOc1cc(F)c(OC(=O)c2ccc3cc(F)ccc3c2)c(F)c1. The largest absolute Gasteiger partial charge is 0.489 e. The summed E-state index contributed by atoms with van der Waals surface area (Å²) in [5.41, 5.74) is 0.0786. The Kier molecular flexibility index (Phi) is 4.93. The van der Waals surface area contributed by atoms with Crippen LogP contribution in [0, 0.1) is 17.5 Å². The van der Waals surface area contributed by atoms with E-state index in [1.54, 1.807) is 0 Å². The van der Waals surface area contributed by atoms with E-state index in [4.69, 9.17) is 9.47 Å². The first-order valence-corrected chi connectivity index (χ1v) is 7.62. The van der Waals surface area contributed by atoms with E-state index in [0.29, 0.717) is 10.8 Å². The lowest BCUT2D eigenvalue weighted by Crippen LogP contribution is -2.11. The first-order valence-electron chi connectivity index (χ1n) is 7.62. The smallest absolute Gasteiger partial charge is 0.343 e.